The Kier molecular flexibility index (Phi) is 8.24. The van der Waals surface area contributed by atoms with Gasteiger partial charge in [0, 0.05) is 49.7 Å². The Morgan fingerprint density at radius 1 is 0.884 bits per heavy atom. The molecule has 1 aliphatic rings. The van der Waals surface area contributed by atoms with Gasteiger partial charge in [-0.3, -0.25) is 14.7 Å². The first-order chi connectivity index (χ1) is 20.7. The molecule has 0 aliphatic carbocycles. The molecule has 6 rings (SSSR count). The van der Waals surface area contributed by atoms with Gasteiger partial charge < -0.3 is 4.74 Å². The van der Waals surface area contributed by atoms with Gasteiger partial charge >= 0.3 is 0 Å². The Labute approximate surface area is 254 Å². The standard InChI is InChI=1S/C37H40N4O2/c1-26-9-14-30(15-10-26)41-31(23-36(39-41)37(2,3)4)22-32(42)21-27-12-16-34(35-8-6-5-7-33(27)35)28-11-13-29(38-24-28)25-40-17-19-43-20-18-40/h5-16,23-24H,17-22,25H2,1-4H3. The summed E-state index contributed by atoms with van der Waals surface area (Å²) in [6, 6.07) is 27.3. The van der Waals surface area contributed by atoms with Crippen LogP contribution in [0.1, 0.15) is 49.0 Å². The Morgan fingerprint density at radius 3 is 2.33 bits per heavy atom. The van der Waals surface area contributed by atoms with E-state index in [1.807, 2.05) is 16.9 Å². The molecular weight excluding hydrogens is 532 g/mol. The van der Waals surface area contributed by atoms with E-state index in [2.05, 4.69) is 105 Å². The minimum Gasteiger partial charge on any atom is -0.379 e. The molecule has 220 valence electrons. The number of carbonyl (C=O) groups is 1. The molecule has 0 atom stereocenters. The van der Waals surface area contributed by atoms with Crippen molar-refractivity contribution in [1.29, 1.82) is 0 Å². The summed E-state index contributed by atoms with van der Waals surface area (Å²) in [4.78, 5) is 20.8. The van der Waals surface area contributed by atoms with Crippen molar-refractivity contribution < 1.29 is 9.53 Å². The van der Waals surface area contributed by atoms with Crippen molar-refractivity contribution in [2.24, 2.45) is 0 Å². The molecule has 5 aromatic rings. The Bertz CT molecular complexity index is 1720. The van der Waals surface area contributed by atoms with Crippen LogP contribution < -0.4 is 0 Å². The second-order valence-corrected chi connectivity index (χ2v) is 12.7. The maximum absolute atomic E-state index is 13.6. The molecular formula is C37H40N4O2. The lowest BCUT2D eigenvalue weighted by atomic mass is 9.91. The Hall–Kier alpha value is -4.13. The van der Waals surface area contributed by atoms with Crippen molar-refractivity contribution in [3.8, 4) is 16.8 Å². The van der Waals surface area contributed by atoms with Crippen LogP contribution in [0.4, 0.5) is 0 Å². The first-order valence-electron chi connectivity index (χ1n) is 15.2. The van der Waals surface area contributed by atoms with Crippen LogP contribution >= 0.6 is 0 Å². The predicted molar refractivity (Wildman–Crippen MR) is 173 cm³/mol. The van der Waals surface area contributed by atoms with Gasteiger partial charge in [-0.15, -0.1) is 0 Å². The Morgan fingerprint density at radius 2 is 1.63 bits per heavy atom. The number of pyridine rings is 1. The van der Waals surface area contributed by atoms with Gasteiger partial charge in [0.2, 0.25) is 0 Å². The molecule has 0 radical (unpaired) electrons. The highest BCUT2D eigenvalue weighted by atomic mass is 16.5. The number of morpholine rings is 1. The van der Waals surface area contributed by atoms with Crippen molar-refractivity contribution in [2.75, 3.05) is 26.3 Å². The summed E-state index contributed by atoms with van der Waals surface area (Å²) in [5, 5.41) is 7.16. The molecule has 0 amide bonds. The smallest absolute Gasteiger partial charge is 0.143 e. The molecule has 6 nitrogen and oxygen atoms in total. The van der Waals surface area contributed by atoms with Crippen LogP contribution in [-0.2, 0) is 34.3 Å². The van der Waals surface area contributed by atoms with Gasteiger partial charge in [0.05, 0.1) is 36.0 Å². The second kappa shape index (κ2) is 12.2. The summed E-state index contributed by atoms with van der Waals surface area (Å²) in [6.07, 6.45) is 2.66. The summed E-state index contributed by atoms with van der Waals surface area (Å²) >= 11 is 0. The lowest BCUT2D eigenvalue weighted by molar-refractivity contribution is -0.117. The van der Waals surface area contributed by atoms with Crippen LogP contribution in [0.25, 0.3) is 27.6 Å². The zero-order chi connectivity index (χ0) is 30.0. The maximum atomic E-state index is 13.6. The van der Waals surface area contributed by atoms with Gasteiger partial charge in [0.1, 0.15) is 5.78 Å². The van der Waals surface area contributed by atoms with Gasteiger partial charge in [-0.05, 0) is 53.1 Å². The van der Waals surface area contributed by atoms with Crippen molar-refractivity contribution in [1.82, 2.24) is 19.7 Å². The lowest BCUT2D eigenvalue weighted by Gasteiger charge is -2.26. The highest BCUT2D eigenvalue weighted by Crippen LogP contribution is 2.32. The third-order valence-corrected chi connectivity index (χ3v) is 8.24. The molecule has 0 saturated carbocycles. The van der Waals surface area contributed by atoms with Gasteiger partial charge in [-0.25, -0.2) is 4.68 Å². The van der Waals surface area contributed by atoms with E-state index in [-0.39, 0.29) is 11.2 Å². The van der Waals surface area contributed by atoms with E-state index < -0.39 is 0 Å². The number of aryl methyl sites for hydroxylation is 1. The zero-order valence-corrected chi connectivity index (χ0v) is 25.6. The van der Waals surface area contributed by atoms with E-state index in [0.29, 0.717) is 12.8 Å². The normalized spacial score (nSPS) is 14.3. The molecule has 3 heterocycles. The summed E-state index contributed by atoms with van der Waals surface area (Å²) in [7, 11) is 0. The molecule has 1 fully saturated rings. The first-order valence-corrected chi connectivity index (χ1v) is 15.2. The topological polar surface area (TPSA) is 60.2 Å². The first kappa shape index (κ1) is 29.0. The van der Waals surface area contributed by atoms with Crippen LogP contribution in [0.3, 0.4) is 0 Å². The van der Waals surface area contributed by atoms with Gasteiger partial charge in [-0.2, -0.15) is 5.10 Å². The third kappa shape index (κ3) is 6.61. The largest absolute Gasteiger partial charge is 0.379 e. The number of ketones is 1. The monoisotopic (exact) mass is 572 g/mol. The van der Waals surface area contributed by atoms with Crippen LogP contribution in [0, 0.1) is 6.92 Å². The molecule has 6 heteroatoms. The summed E-state index contributed by atoms with van der Waals surface area (Å²) in [5.41, 5.74) is 8.27. The number of ether oxygens (including phenoxy) is 1. The predicted octanol–water partition coefficient (Wildman–Crippen LogP) is 6.88. The van der Waals surface area contributed by atoms with Crippen LogP contribution in [-0.4, -0.2) is 51.8 Å². The van der Waals surface area contributed by atoms with Crippen LogP contribution in [0.5, 0.6) is 0 Å². The van der Waals surface area contributed by atoms with E-state index in [9.17, 15) is 4.79 Å². The minimum absolute atomic E-state index is 0.116. The van der Waals surface area contributed by atoms with E-state index in [1.165, 1.54) is 5.56 Å². The van der Waals surface area contributed by atoms with Gasteiger partial charge in [0.15, 0.2) is 0 Å². The molecule has 0 N–H and O–H groups in total. The fraction of sp³-hybridized carbons (Fsp3) is 0.324. The van der Waals surface area contributed by atoms with E-state index in [0.717, 1.165) is 83.1 Å². The average molecular weight is 573 g/mol. The maximum Gasteiger partial charge on any atom is 0.143 e. The molecule has 0 spiro atoms. The van der Waals surface area contributed by atoms with Crippen LogP contribution in [0.2, 0.25) is 0 Å². The molecule has 0 bridgehead atoms. The minimum atomic E-state index is -0.116. The van der Waals surface area contributed by atoms with Gasteiger partial charge in [0.25, 0.3) is 0 Å². The lowest BCUT2D eigenvalue weighted by Crippen LogP contribution is -2.35. The highest BCUT2D eigenvalue weighted by molar-refractivity contribution is 6.00. The molecule has 0 unspecified atom stereocenters. The fourth-order valence-corrected chi connectivity index (χ4v) is 5.73. The van der Waals surface area contributed by atoms with E-state index in [1.54, 1.807) is 0 Å². The quantitative estimate of drug-likeness (QED) is 0.203. The number of hydrogen-bond donors (Lipinski definition) is 0. The Balaban J connectivity index is 1.24. The number of fused-ring (bicyclic) bond motifs is 1. The number of rotatable bonds is 8. The van der Waals surface area contributed by atoms with Crippen molar-refractivity contribution >= 4 is 16.6 Å². The number of aromatic nitrogens is 3. The summed E-state index contributed by atoms with van der Waals surface area (Å²) < 4.78 is 7.41. The number of benzene rings is 3. The second-order valence-electron chi connectivity index (χ2n) is 12.7. The summed E-state index contributed by atoms with van der Waals surface area (Å²) in [6.45, 7) is 12.8. The van der Waals surface area contributed by atoms with E-state index >= 15 is 0 Å². The third-order valence-electron chi connectivity index (χ3n) is 8.24. The molecule has 1 saturated heterocycles. The van der Waals surface area contributed by atoms with Gasteiger partial charge in [-0.1, -0.05) is 80.9 Å². The van der Waals surface area contributed by atoms with Crippen molar-refractivity contribution in [3.63, 3.8) is 0 Å². The fourth-order valence-electron chi connectivity index (χ4n) is 5.73. The van der Waals surface area contributed by atoms with Crippen molar-refractivity contribution in [3.05, 3.63) is 113 Å². The summed E-state index contributed by atoms with van der Waals surface area (Å²) in [5.74, 6) is 0.167. The highest BCUT2D eigenvalue weighted by Gasteiger charge is 2.22. The number of hydrogen-bond acceptors (Lipinski definition) is 5. The van der Waals surface area contributed by atoms with Crippen LogP contribution in [0.15, 0.2) is 85.1 Å². The molecule has 2 aromatic heterocycles. The molecule has 43 heavy (non-hydrogen) atoms. The SMILES string of the molecule is Cc1ccc(-n2nc(C(C)(C)C)cc2CC(=O)Cc2ccc(-c3ccc(CN4CCOCC4)nc3)c3ccccc23)cc1. The molecule has 3 aromatic carbocycles. The number of nitrogens with zero attached hydrogens (tertiary/aromatic N) is 4. The van der Waals surface area contributed by atoms with E-state index in [4.69, 9.17) is 14.8 Å². The zero-order valence-electron chi connectivity index (χ0n) is 25.6. The average Bonchev–Trinajstić information content (AvgIpc) is 3.43. The van der Waals surface area contributed by atoms with Crippen molar-refractivity contribution in [2.45, 2.75) is 52.5 Å². The number of Topliss-reactive ketones (excluding diaryl/α,β-unsaturated/α-hetero) is 1. The molecule has 1 aliphatic heterocycles. The number of carbonyl (C=O) groups excluding carboxylic acids is 1.